The average molecular weight is 191 g/mol. The highest BCUT2D eigenvalue weighted by atomic mass is 35.5. The van der Waals surface area contributed by atoms with E-state index in [1.807, 2.05) is 0 Å². The Hall–Kier alpha value is 0.0400. The Morgan fingerprint density at radius 3 is 2.27 bits per heavy atom. The number of halogens is 4. The molecule has 1 nitrogen and oxygen atoms in total. The molecule has 0 radical (unpaired) electrons. The predicted octanol–water partition coefficient (Wildman–Crippen LogP) is 2.93. The van der Waals surface area contributed by atoms with Crippen LogP contribution >= 0.6 is 11.6 Å². The third-order valence-corrected chi connectivity index (χ3v) is 1.44. The largest absolute Gasteiger partial charge is 0.401 e. The highest BCUT2D eigenvalue weighted by molar-refractivity contribution is 6.20. The Kier molecular flexibility index (Phi) is 4.18. The average Bonchev–Trinajstić information content (AvgIpc) is 1.86. The van der Waals surface area contributed by atoms with E-state index in [4.69, 9.17) is 0 Å². The Morgan fingerprint density at radius 1 is 1.55 bits per heavy atom. The first-order chi connectivity index (χ1) is 4.90. The number of alkyl halides is 4. The Balaban J connectivity index is 3.90. The van der Waals surface area contributed by atoms with E-state index in [9.17, 15) is 13.2 Å². The van der Waals surface area contributed by atoms with Gasteiger partial charge in [-0.1, -0.05) is 18.5 Å². The lowest BCUT2D eigenvalue weighted by molar-refractivity contribution is -0.276. The van der Waals surface area contributed by atoms with Gasteiger partial charge in [0.25, 0.3) is 5.63 Å². The summed E-state index contributed by atoms with van der Waals surface area (Å²) in [6.07, 6.45) is -4.18. The van der Waals surface area contributed by atoms with Gasteiger partial charge in [0.05, 0.1) is 6.10 Å². The third kappa shape index (κ3) is 3.82. The summed E-state index contributed by atoms with van der Waals surface area (Å²) in [5, 5.41) is 0. The van der Waals surface area contributed by atoms with Gasteiger partial charge in [-0.2, -0.15) is 8.78 Å². The van der Waals surface area contributed by atoms with E-state index in [1.165, 1.54) is 6.92 Å². The molecule has 0 fully saturated rings. The van der Waals surface area contributed by atoms with Gasteiger partial charge in [0, 0.05) is 0 Å². The van der Waals surface area contributed by atoms with Crippen molar-refractivity contribution in [1.29, 1.82) is 0 Å². The Bertz CT molecular complexity index is 118. The van der Waals surface area contributed by atoms with E-state index in [-0.39, 0.29) is 0 Å². The first-order valence-corrected chi connectivity index (χ1v) is 3.67. The maximum atomic E-state index is 12.3. The second kappa shape index (κ2) is 4.16. The van der Waals surface area contributed by atoms with Crippen molar-refractivity contribution >= 4 is 11.6 Å². The SMILES string of the molecule is CCC(C)OC(F)(F)C(F)Cl. The molecule has 5 heteroatoms. The molecule has 0 saturated heterocycles. The summed E-state index contributed by atoms with van der Waals surface area (Å²) in [4.78, 5) is 0. The lowest BCUT2D eigenvalue weighted by atomic mass is 10.3. The fraction of sp³-hybridized carbons (Fsp3) is 1.00. The maximum absolute atomic E-state index is 12.3. The van der Waals surface area contributed by atoms with Crippen LogP contribution in [0.15, 0.2) is 0 Å². The molecule has 0 amide bonds. The van der Waals surface area contributed by atoms with Gasteiger partial charge < -0.3 is 4.74 Å². The van der Waals surface area contributed by atoms with Gasteiger partial charge in [0.15, 0.2) is 0 Å². The third-order valence-electron chi connectivity index (χ3n) is 1.19. The van der Waals surface area contributed by atoms with E-state index < -0.39 is 17.8 Å². The quantitative estimate of drug-likeness (QED) is 0.620. The molecular formula is C6H10ClF3O. The summed E-state index contributed by atoms with van der Waals surface area (Å²) in [6.45, 7) is 3.08. The van der Waals surface area contributed by atoms with Crippen LogP contribution in [0.1, 0.15) is 20.3 Å². The zero-order valence-corrected chi connectivity index (χ0v) is 7.04. The van der Waals surface area contributed by atoms with Crippen molar-refractivity contribution in [1.82, 2.24) is 0 Å². The fourth-order valence-corrected chi connectivity index (χ4v) is 0.454. The van der Waals surface area contributed by atoms with Gasteiger partial charge in [-0.15, -0.1) is 0 Å². The van der Waals surface area contributed by atoms with Gasteiger partial charge in [-0.25, -0.2) is 4.39 Å². The molecule has 68 valence electrons. The maximum Gasteiger partial charge on any atom is 0.401 e. The molecule has 0 aromatic heterocycles. The van der Waals surface area contributed by atoms with E-state index >= 15 is 0 Å². The molecule has 0 aliphatic heterocycles. The molecule has 0 rings (SSSR count). The Morgan fingerprint density at radius 2 is 2.00 bits per heavy atom. The molecule has 0 aromatic rings. The van der Waals surface area contributed by atoms with Crippen LogP contribution in [0.5, 0.6) is 0 Å². The highest BCUT2D eigenvalue weighted by Gasteiger charge is 2.41. The van der Waals surface area contributed by atoms with E-state index in [0.29, 0.717) is 6.42 Å². The summed E-state index contributed by atoms with van der Waals surface area (Å²) in [7, 11) is 0. The standard InChI is InChI=1S/C6H10ClF3O/c1-3-4(2)11-6(9,10)5(7)8/h4-5H,3H2,1-2H3. The molecule has 2 unspecified atom stereocenters. The van der Waals surface area contributed by atoms with Crippen LogP contribution in [-0.2, 0) is 4.74 Å². The van der Waals surface area contributed by atoms with E-state index in [1.54, 1.807) is 6.92 Å². The molecule has 0 aliphatic carbocycles. The van der Waals surface area contributed by atoms with Crippen LogP contribution in [-0.4, -0.2) is 17.8 Å². The van der Waals surface area contributed by atoms with E-state index in [0.717, 1.165) is 0 Å². The first kappa shape index (κ1) is 11.0. The minimum atomic E-state index is -3.88. The van der Waals surface area contributed by atoms with Crippen molar-refractivity contribution in [2.75, 3.05) is 0 Å². The van der Waals surface area contributed by atoms with Crippen LogP contribution in [0.2, 0.25) is 0 Å². The van der Waals surface area contributed by atoms with Crippen LogP contribution in [0.3, 0.4) is 0 Å². The number of ether oxygens (including phenoxy) is 1. The van der Waals surface area contributed by atoms with Gasteiger partial charge in [-0.05, 0) is 13.3 Å². The van der Waals surface area contributed by atoms with Crippen molar-refractivity contribution in [3.63, 3.8) is 0 Å². The molecule has 0 aliphatic rings. The molecular weight excluding hydrogens is 181 g/mol. The zero-order valence-electron chi connectivity index (χ0n) is 6.28. The minimum absolute atomic E-state index is 0.388. The zero-order chi connectivity index (χ0) is 9.07. The molecule has 0 aromatic carbocycles. The van der Waals surface area contributed by atoms with Crippen molar-refractivity contribution in [2.24, 2.45) is 0 Å². The van der Waals surface area contributed by atoms with Crippen LogP contribution in [0.25, 0.3) is 0 Å². The summed E-state index contributed by atoms with van der Waals surface area (Å²) < 4.78 is 40.4. The van der Waals surface area contributed by atoms with Crippen molar-refractivity contribution in [3.05, 3.63) is 0 Å². The molecule has 0 bridgehead atoms. The second-order valence-electron chi connectivity index (χ2n) is 2.20. The number of rotatable bonds is 4. The minimum Gasteiger partial charge on any atom is -0.314 e. The van der Waals surface area contributed by atoms with Crippen LogP contribution in [0.4, 0.5) is 13.2 Å². The lowest BCUT2D eigenvalue weighted by Gasteiger charge is -2.20. The van der Waals surface area contributed by atoms with Gasteiger partial charge in [0.2, 0.25) is 0 Å². The van der Waals surface area contributed by atoms with Gasteiger partial charge in [-0.3, -0.25) is 0 Å². The van der Waals surface area contributed by atoms with Gasteiger partial charge in [0.1, 0.15) is 0 Å². The summed E-state index contributed by atoms with van der Waals surface area (Å²) in [5.41, 5.74) is -2.78. The monoisotopic (exact) mass is 190 g/mol. The Labute approximate surface area is 68.5 Å². The van der Waals surface area contributed by atoms with Gasteiger partial charge >= 0.3 is 6.11 Å². The predicted molar refractivity (Wildman–Crippen MR) is 36.5 cm³/mol. The summed E-state index contributed by atoms with van der Waals surface area (Å²) in [5.74, 6) is 0. The molecule has 2 atom stereocenters. The first-order valence-electron chi connectivity index (χ1n) is 3.24. The second-order valence-corrected chi connectivity index (χ2v) is 2.58. The van der Waals surface area contributed by atoms with Crippen LogP contribution in [0, 0.1) is 0 Å². The van der Waals surface area contributed by atoms with Crippen LogP contribution < -0.4 is 0 Å². The van der Waals surface area contributed by atoms with Crippen molar-refractivity contribution in [2.45, 2.75) is 38.1 Å². The summed E-state index contributed by atoms with van der Waals surface area (Å²) in [6, 6.07) is 0. The molecule has 11 heavy (non-hydrogen) atoms. The number of hydrogen-bond acceptors (Lipinski definition) is 1. The molecule has 0 N–H and O–H groups in total. The van der Waals surface area contributed by atoms with Crippen molar-refractivity contribution < 1.29 is 17.9 Å². The topological polar surface area (TPSA) is 9.23 Å². The summed E-state index contributed by atoms with van der Waals surface area (Å²) >= 11 is 4.53. The molecule has 0 spiro atoms. The highest BCUT2D eigenvalue weighted by Crippen LogP contribution is 2.27. The smallest absolute Gasteiger partial charge is 0.314 e. The lowest BCUT2D eigenvalue weighted by Crippen LogP contribution is -2.32. The normalized spacial score (nSPS) is 18.0. The van der Waals surface area contributed by atoms with Crippen molar-refractivity contribution in [3.8, 4) is 0 Å². The van der Waals surface area contributed by atoms with E-state index in [2.05, 4.69) is 16.3 Å². The molecule has 0 heterocycles. The molecule has 0 saturated carbocycles. The fourth-order valence-electron chi connectivity index (χ4n) is 0.403. The number of hydrogen-bond donors (Lipinski definition) is 0.